The Balaban J connectivity index is 2.64. The van der Waals surface area contributed by atoms with Gasteiger partial charge in [-0.05, 0) is 6.42 Å². The molecule has 0 atom stereocenters. The van der Waals surface area contributed by atoms with Gasteiger partial charge in [-0.2, -0.15) is 0 Å². The molecule has 6 heteroatoms. The van der Waals surface area contributed by atoms with Crippen molar-refractivity contribution in [2.45, 2.75) is 13.3 Å². The third kappa shape index (κ3) is 2.01. The Morgan fingerprint density at radius 2 is 2.28 bits per heavy atom. The van der Waals surface area contributed by atoms with Gasteiger partial charge in [-0.15, -0.1) is 0 Å². The molecule has 0 saturated carbocycles. The van der Waals surface area contributed by atoms with E-state index in [1.807, 2.05) is 7.05 Å². The van der Waals surface area contributed by atoms with E-state index in [0.717, 1.165) is 29.7 Å². The molecule has 2 aromatic rings. The van der Waals surface area contributed by atoms with Crippen molar-refractivity contribution < 1.29 is 0 Å². The molecule has 0 aliphatic heterocycles. The molecule has 6 nitrogen and oxygen atoms in total. The first-order valence-corrected chi connectivity index (χ1v) is 5.94. The molecule has 3 N–H and O–H groups in total. The van der Waals surface area contributed by atoms with E-state index in [4.69, 9.17) is 5.73 Å². The zero-order chi connectivity index (χ0) is 13.1. The van der Waals surface area contributed by atoms with Crippen LogP contribution in [-0.4, -0.2) is 41.4 Å². The van der Waals surface area contributed by atoms with E-state index in [1.54, 1.807) is 19.6 Å². The molecule has 0 aliphatic carbocycles. The van der Waals surface area contributed by atoms with E-state index in [9.17, 15) is 0 Å². The second kappa shape index (κ2) is 5.03. The largest absolute Gasteiger partial charge is 0.383 e. The Kier molecular flexibility index (Phi) is 3.45. The summed E-state index contributed by atoms with van der Waals surface area (Å²) >= 11 is 0. The van der Waals surface area contributed by atoms with E-state index < -0.39 is 0 Å². The van der Waals surface area contributed by atoms with Gasteiger partial charge in [-0.1, -0.05) is 6.92 Å². The number of amidine groups is 1. The van der Waals surface area contributed by atoms with Crippen molar-refractivity contribution in [2.24, 2.45) is 10.7 Å². The van der Waals surface area contributed by atoms with Crippen molar-refractivity contribution in [3.63, 3.8) is 0 Å². The molecule has 2 rings (SSSR count). The van der Waals surface area contributed by atoms with E-state index >= 15 is 0 Å². The summed E-state index contributed by atoms with van der Waals surface area (Å²) in [7, 11) is 3.71. The number of H-pyrrole nitrogens is 1. The standard InChI is InChI=1S/C12H18N6/c1-4-5-18(3)8-6-15-12-10(16-7-17-12)9(8)11(13)14-2/h6-7H,4-5H2,1-3H3,(H2,13,14)(H,15,16,17). The normalized spacial score (nSPS) is 12.1. The topological polar surface area (TPSA) is 83.2 Å². The van der Waals surface area contributed by atoms with Crippen molar-refractivity contribution in [1.29, 1.82) is 0 Å². The lowest BCUT2D eigenvalue weighted by Crippen LogP contribution is -2.24. The maximum Gasteiger partial charge on any atom is 0.178 e. The number of hydrogen-bond acceptors (Lipinski definition) is 4. The molecule has 2 aromatic heterocycles. The first-order chi connectivity index (χ1) is 8.69. The highest BCUT2D eigenvalue weighted by Crippen LogP contribution is 2.24. The van der Waals surface area contributed by atoms with Crippen molar-refractivity contribution in [3.8, 4) is 0 Å². The molecule has 0 fully saturated rings. The van der Waals surface area contributed by atoms with Gasteiger partial charge in [-0.25, -0.2) is 9.97 Å². The molecule has 0 radical (unpaired) electrons. The predicted molar refractivity (Wildman–Crippen MR) is 74.1 cm³/mol. The van der Waals surface area contributed by atoms with Gasteiger partial charge < -0.3 is 15.6 Å². The number of rotatable bonds is 4. The van der Waals surface area contributed by atoms with Gasteiger partial charge in [0.25, 0.3) is 0 Å². The Hall–Kier alpha value is -2.11. The molecular weight excluding hydrogens is 228 g/mol. The zero-order valence-corrected chi connectivity index (χ0v) is 10.9. The Bertz CT molecular complexity index is 571. The van der Waals surface area contributed by atoms with Gasteiger partial charge in [-0.3, -0.25) is 4.99 Å². The number of pyridine rings is 1. The minimum atomic E-state index is 0.490. The summed E-state index contributed by atoms with van der Waals surface area (Å²) in [5.74, 6) is 0.490. The summed E-state index contributed by atoms with van der Waals surface area (Å²) in [5, 5.41) is 0. The summed E-state index contributed by atoms with van der Waals surface area (Å²) < 4.78 is 0. The minimum absolute atomic E-state index is 0.490. The van der Waals surface area contributed by atoms with Gasteiger partial charge in [0, 0.05) is 20.6 Å². The van der Waals surface area contributed by atoms with Crippen molar-refractivity contribution in [2.75, 3.05) is 25.5 Å². The smallest absolute Gasteiger partial charge is 0.178 e. The lowest BCUT2D eigenvalue weighted by atomic mass is 10.1. The molecule has 0 aliphatic rings. The van der Waals surface area contributed by atoms with Crippen LogP contribution in [0.2, 0.25) is 0 Å². The number of fused-ring (bicyclic) bond motifs is 1. The first kappa shape index (κ1) is 12.3. The molecule has 0 saturated heterocycles. The molecule has 18 heavy (non-hydrogen) atoms. The number of hydrogen-bond donors (Lipinski definition) is 2. The van der Waals surface area contributed by atoms with Crippen molar-refractivity contribution >= 4 is 22.7 Å². The zero-order valence-electron chi connectivity index (χ0n) is 10.9. The van der Waals surface area contributed by atoms with E-state index in [0.29, 0.717) is 11.5 Å². The van der Waals surface area contributed by atoms with Gasteiger partial charge in [0.1, 0.15) is 5.84 Å². The second-order valence-corrected chi connectivity index (χ2v) is 4.15. The van der Waals surface area contributed by atoms with Crippen LogP contribution < -0.4 is 10.6 Å². The fourth-order valence-corrected chi connectivity index (χ4v) is 2.00. The number of aromatic nitrogens is 3. The van der Waals surface area contributed by atoms with E-state index in [-0.39, 0.29) is 0 Å². The van der Waals surface area contributed by atoms with Crippen LogP contribution in [0.1, 0.15) is 18.9 Å². The Morgan fingerprint density at radius 3 is 2.94 bits per heavy atom. The highest BCUT2D eigenvalue weighted by molar-refractivity contribution is 6.10. The van der Waals surface area contributed by atoms with Crippen molar-refractivity contribution in [3.05, 3.63) is 18.1 Å². The summed E-state index contributed by atoms with van der Waals surface area (Å²) in [6, 6.07) is 0. The summed E-state index contributed by atoms with van der Waals surface area (Å²) in [5.41, 5.74) is 9.33. The lowest BCUT2D eigenvalue weighted by molar-refractivity contribution is 0.849. The Morgan fingerprint density at radius 1 is 1.50 bits per heavy atom. The van der Waals surface area contributed by atoms with Crippen LogP contribution in [0.4, 0.5) is 5.69 Å². The minimum Gasteiger partial charge on any atom is -0.383 e. The lowest BCUT2D eigenvalue weighted by Gasteiger charge is -2.21. The quantitative estimate of drug-likeness (QED) is 0.626. The number of anilines is 1. The average molecular weight is 246 g/mol. The van der Waals surface area contributed by atoms with E-state index in [2.05, 4.69) is 31.8 Å². The van der Waals surface area contributed by atoms with Crippen LogP contribution in [-0.2, 0) is 0 Å². The van der Waals surface area contributed by atoms with Gasteiger partial charge >= 0.3 is 0 Å². The molecule has 0 aromatic carbocycles. The van der Waals surface area contributed by atoms with Gasteiger partial charge in [0.2, 0.25) is 0 Å². The number of aliphatic imine (C=N–C) groups is 1. The number of imidazole rings is 1. The number of aromatic amines is 1. The number of nitrogens with one attached hydrogen (secondary N) is 1. The summed E-state index contributed by atoms with van der Waals surface area (Å²) in [6.07, 6.45) is 4.47. The maximum absolute atomic E-state index is 6.00. The molecule has 0 unspecified atom stereocenters. The summed E-state index contributed by atoms with van der Waals surface area (Å²) in [6.45, 7) is 3.07. The van der Waals surface area contributed by atoms with Crippen LogP contribution in [0.15, 0.2) is 17.5 Å². The number of nitrogens with two attached hydrogens (primary N) is 1. The molecular formula is C12H18N6. The average Bonchev–Trinajstić information content (AvgIpc) is 2.85. The molecule has 0 amide bonds. The molecule has 2 heterocycles. The van der Waals surface area contributed by atoms with Crippen LogP contribution in [0.25, 0.3) is 11.2 Å². The number of nitrogens with zero attached hydrogens (tertiary/aromatic N) is 4. The van der Waals surface area contributed by atoms with E-state index in [1.165, 1.54) is 0 Å². The van der Waals surface area contributed by atoms with Crippen LogP contribution in [0.3, 0.4) is 0 Å². The van der Waals surface area contributed by atoms with Gasteiger partial charge in [0.15, 0.2) is 5.65 Å². The first-order valence-electron chi connectivity index (χ1n) is 5.94. The fraction of sp³-hybridized carbons (Fsp3) is 0.417. The predicted octanol–water partition coefficient (Wildman–Crippen LogP) is 1.14. The third-order valence-corrected chi connectivity index (χ3v) is 2.90. The van der Waals surface area contributed by atoms with Crippen LogP contribution in [0.5, 0.6) is 0 Å². The maximum atomic E-state index is 6.00. The Labute approximate surface area is 106 Å². The van der Waals surface area contributed by atoms with Crippen LogP contribution in [0, 0.1) is 0 Å². The highest BCUT2D eigenvalue weighted by atomic mass is 15.1. The molecule has 0 spiro atoms. The highest BCUT2D eigenvalue weighted by Gasteiger charge is 2.16. The molecule has 0 bridgehead atoms. The SMILES string of the molecule is CCCN(C)c1cnc2nc[nH]c2c1C(N)=NC. The summed E-state index contributed by atoms with van der Waals surface area (Å²) in [4.78, 5) is 17.8. The fourth-order valence-electron chi connectivity index (χ4n) is 2.00. The van der Waals surface area contributed by atoms with Crippen molar-refractivity contribution in [1.82, 2.24) is 15.0 Å². The molecule has 96 valence electrons. The van der Waals surface area contributed by atoms with Crippen LogP contribution >= 0.6 is 0 Å². The monoisotopic (exact) mass is 246 g/mol. The van der Waals surface area contributed by atoms with Gasteiger partial charge in [0.05, 0.1) is 29.3 Å². The third-order valence-electron chi connectivity index (χ3n) is 2.90. The second-order valence-electron chi connectivity index (χ2n) is 4.15.